The van der Waals surface area contributed by atoms with E-state index < -0.39 is 0 Å². The molecule has 1 N–H and O–H groups in total. The molecule has 2 aromatic rings. The van der Waals surface area contributed by atoms with E-state index >= 15 is 0 Å². The topological polar surface area (TPSA) is 60.5 Å². The van der Waals surface area contributed by atoms with Crippen LogP contribution in [0, 0.1) is 0 Å². The smallest absolute Gasteiger partial charge is 0.263 e. The van der Waals surface area contributed by atoms with Crippen molar-refractivity contribution in [2.45, 2.75) is 0 Å². The molecule has 0 bridgehead atoms. The number of thioether (sulfide) groups is 1. The van der Waals surface area contributed by atoms with Crippen molar-refractivity contribution in [1.82, 2.24) is 10.3 Å². The van der Waals surface area contributed by atoms with Crippen molar-refractivity contribution in [3.63, 3.8) is 0 Å². The van der Waals surface area contributed by atoms with Gasteiger partial charge in [0.05, 0.1) is 24.6 Å². The lowest BCUT2D eigenvalue weighted by Gasteiger charge is -2.10. The molecule has 0 unspecified atom stereocenters. The molecule has 1 aromatic carbocycles. The predicted octanol–water partition coefficient (Wildman–Crippen LogP) is 3.39. The molecule has 3 rings (SSSR count). The van der Waals surface area contributed by atoms with E-state index in [4.69, 9.17) is 33.3 Å². The first-order chi connectivity index (χ1) is 11.0. The Labute approximate surface area is 147 Å². The van der Waals surface area contributed by atoms with Gasteiger partial charge in [-0.3, -0.25) is 4.79 Å². The molecule has 2 heterocycles. The summed E-state index contributed by atoms with van der Waals surface area (Å²) in [5.41, 5.74) is 1.31. The van der Waals surface area contributed by atoms with Gasteiger partial charge >= 0.3 is 0 Å². The Morgan fingerprint density at radius 2 is 1.96 bits per heavy atom. The summed E-state index contributed by atoms with van der Waals surface area (Å²) in [6, 6.07) is 5.41. The minimum atomic E-state index is -0.233. The largest absolute Gasteiger partial charge is 0.493 e. The molecule has 5 nitrogen and oxygen atoms in total. The third-order valence-corrected chi connectivity index (χ3v) is 4.69. The summed E-state index contributed by atoms with van der Waals surface area (Å²) in [6.07, 6.45) is 1.67. The number of aromatic nitrogens is 1. The van der Waals surface area contributed by atoms with Crippen molar-refractivity contribution in [2.24, 2.45) is 0 Å². The van der Waals surface area contributed by atoms with Crippen LogP contribution in [-0.2, 0) is 4.79 Å². The number of nitrogens with one attached hydrogen (secondary N) is 1. The van der Waals surface area contributed by atoms with E-state index in [1.807, 2.05) is 12.1 Å². The molecular weight excluding hydrogens is 356 g/mol. The zero-order valence-corrected chi connectivity index (χ0v) is 14.6. The molecule has 0 aliphatic carbocycles. The molecule has 1 aliphatic heterocycles. The first-order valence-electron chi connectivity index (χ1n) is 6.49. The quantitative estimate of drug-likeness (QED) is 0.510. The van der Waals surface area contributed by atoms with Crippen LogP contribution in [-0.4, -0.2) is 29.4 Å². The molecular formula is C15H11ClN2O3S2. The summed E-state index contributed by atoms with van der Waals surface area (Å²) >= 11 is 12.4. The number of benzene rings is 1. The van der Waals surface area contributed by atoms with Crippen molar-refractivity contribution in [1.29, 1.82) is 0 Å². The van der Waals surface area contributed by atoms with Gasteiger partial charge in [0.2, 0.25) is 0 Å². The molecule has 118 valence electrons. The summed E-state index contributed by atoms with van der Waals surface area (Å²) in [7, 11) is 3.12. The van der Waals surface area contributed by atoms with Gasteiger partial charge in [-0.2, -0.15) is 0 Å². The number of rotatable bonds is 3. The molecule has 0 radical (unpaired) electrons. The fourth-order valence-electron chi connectivity index (χ4n) is 2.16. The zero-order valence-electron chi connectivity index (χ0n) is 12.2. The van der Waals surface area contributed by atoms with Gasteiger partial charge in [0.25, 0.3) is 5.91 Å². The van der Waals surface area contributed by atoms with Gasteiger partial charge in [-0.15, -0.1) is 0 Å². The zero-order chi connectivity index (χ0) is 16.6. The number of hydrogen-bond donors (Lipinski definition) is 1. The molecule has 1 fully saturated rings. The first kappa shape index (κ1) is 16.0. The normalized spacial score (nSPS) is 16.0. The molecule has 8 heteroatoms. The Morgan fingerprint density at radius 3 is 2.57 bits per heavy atom. The Balaban J connectivity index is 2.12. The number of methoxy groups -OCH3 is 2. The number of hydrogen-bond acceptors (Lipinski definition) is 6. The Bertz CT molecular complexity index is 867. The number of ether oxygens (including phenoxy) is 2. The lowest BCUT2D eigenvalue weighted by atomic mass is 10.1. The van der Waals surface area contributed by atoms with Gasteiger partial charge in [0.15, 0.2) is 11.5 Å². The average Bonchev–Trinajstić information content (AvgIpc) is 2.84. The molecule has 1 aliphatic rings. The fraction of sp³-hybridized carbons (Fsp3) is 0.133. The molecule has 1 saturated heterocycles. The molecule has 0 atom stereocenters. The highest BCUT2D eigenvalue weighted by atomic mass is 35.5. The van der Waals surface area contributed by atoms with E-state index in [0.29, 0.717) is 37.0 Å². The Morgan fingerprint density at radius 1 is 1.26 bits per heavy atom. The second kappa shape index (κ2) is 6.35. The summed E-state index contributed by atoms with van der Waals surface area (Å²) < 4.78 is 11.0. The number of carbonyl (C=O) groups is 1. The molecule has 0 spiro atoms. The third-order valence-electron chi connectivity index (χ3n) is 3.23. The monoisotopic (exact) mass is 366 g/mol. The van der Waals surface area contributed by atoms with Crippen molar-refractivity contribution >= 4 is 62.8 Å². The van der Waals surface area contributed by atoms with Crippen molar-refractivity contribution in [3.05, 3.63) is 33.8 Å². The van der Waals surface area contributed by atoms with E-state index in [1.165, 1.54) is 11.8 Å². The van der Waals surface area contributed by atoms with Gasteiger partial charge in [-0.25, -0.2) is 4.98 Å². The molecule has 1 amide bonds. The number of halogens is 1. The van der Waals surface area contributed by atoms with E-state index in [1.54, 1.807) is 26.4 Å². The van der Waals surface area contributed by atoms with Crippen LogP contribution in [0.5, 0.6) is 11.5 Å². The van der Waals surface area contributed by atoms with Crippen molar-refractivity contribution in [3.8, 4) is 11.5 Å². The number of fused-ring (bicyclic) bond motifs is 1. The summed E-state index contributed by atoms with van der Waals surface area (Å²) in [5.74, 6) is 0.936. The Kier molecular flexibility index (Phi) is 4.43. The number of carbonyl (C=O) groups excluding carboxylic acids is 1. The van der Waals surface area contributed by atoms with Gasteiger partial charge in [0.1, 0.15) is 9.47 Å². The maximum absolute atomic E-state index is 11.8. The second-order valence-electron chi connectivity index (χ2n) is 4.62. The predicted molar refractivity (Wildman–Crippen MR) is 96.2 cm³/mol. The summed E-state index contributed by atoms with van der Waals surface area (Å²) in [5, 5.41) is 3.68. The number of thiocarbonyl (C=S) groups is 1. The van der Waals surface area contributed by atoms with E-state index in [9.17, 15) is 4.79 Å². The lowest BCUT2D eigenvalue weighted by Crippen LogP contribution is -2.17. The van der Waals surface area contributed by atoms with Crippen molar-refractivity contribution < 1.29 is 14.3 Å². The molecule has 1 aromatic heterocycles. The van der Waals surface area contributed by atoms with Crippen LogP contribution in [0.3, 0.4) is 0 Å². The van der Waals surface area contributed by atoms with Crippen LogP contribution in [0.1, 0.15) is 5.56 Å². The van der Waals surface area contributed by atoms with Crippen LogP contribution < -0.4 is 14.8 Å². The summed E-state index contributed by atoms with van der Waals surface area (Å²) in [4.78, 5) is 16.6. The van der Waals surface area contributed by atoms with Gasteiger partial charge < -0.3 is 14.8 Å². The summed E-state index contributed by atoms with van der Waals surface area (Å²) in [6.45, 7) is 0. The number of pyridine rings is 1. The van der Waals surface area contributed by atoms with Gasteiger partial charge in [0, 0.05) is 17.0 Å². The van der Waals surface area contributed by atoms with Gasteiger partial charge in [-0.05, 0) is 18.2 Å². The van der Waals surface area contributed by atoms with Crippen LogP contribution in [0.4, 0.5) is 0 Å². The maximum atomic E-state index is 11.8. The molecule has 0 saturated carbocycles. The number of amides is 1. The van der Waals surface area contributed by atoms with Gasteiger partial charge in [-0.1, -0.05) is 35.6 Å². The van der Waals surface area contributed by atoms with Crippen LogP contribution in [0.15, 0.2) is 23.1 Å². The SMILES string of the molecule is COc1cc2cc(/C=C3\SC(=S)NC3=O)c(Cl)nc2cc1OC. The minimum absolute atomic E-state index is 0.233. The second-order valence-corrected chi connectivity index (χ2v) is 6.70. The minimum Gasteiger partial charge on any atom is -0.493 e. The highest BCUT2D eigenvalue weighted by Crippen LogP contribution is 2.34. The third kappa shape index (κ3) is 3.12. The fourth-order valence-corrected chi connectivity index (χ4v) is 3.39. The van der Waals surface area contributed by atoms with Crippen LogP contribution in [0.25, 0.3) is 17.0 Å². The highest BCUT2D eigenvalue weighted by Gasteiger charge is 2.22. The van der Waals surface area contributed by atoms with Crippen LogP contribution >= 0.6 is 35.6 Å². The lowest BCUT2D eigenvalue weighted by molar-refractivity contribution is -0.115. The average molecular weight is 367 g/mol. The van der Waals surface area contributed by atoms with E-state index in [-0.39, 0.29) is 5.91 Å². The van der Waals surface area contributed by atoms with E-state index in [2.05, 4.69) is 10.3 Å². The van der Waals surface area contributed by atoms with Crippen LogP contribution in [0.2, 0.25) is 5.15 Å². The van der Waals surface area contributed by atoms with Crippen molar-refractivity contribution in [2.75, 3.05) is 14.2 Å². The standard InChI is InChI=1S/C15H11ClN2O3S2/c1-20-10-4-7-3-8(5-12-14(19)18-15(22)23-12)13(16)17-9(7)6-11(10)21-2/h3-6H,1-2H3,(H,18,19,22)/b12-5-. The van der Waals surface area contributed by atoms with E-state index in [0.717, 1.165) is 5.39 Å². The molecule has 23 heavy (non-hydrogen) atoms. The maximum Gasteiger partial charge on any atom is 0.263 e. The first-order valence-corrected chi connectivity index (χ1v) is 8.09. The Hall–Kier alpha value is -1.83. The number of nitrogens with zero attached hydrogens (tertiary/aromatic N) is 1. The highest BCUT2D eigenvalue weighted by molar-refractivity contribution is 8.26.